The third-order valence-corrected chi connectivity index (χ3v) is 8.62. The molecule has 0 radical (unpaired) electrons. The molecule has 0 unspecified atom stereocenters. The maximum Gasteiger partial charge on any atom is 0.317 e. The number of likely N-dealkylation sites (tertiary alicyclic amines) is 1. The number of amides is 2. The van der Waals surface area contributed by atoms with E-state index in [9.17, 15) is 13.2 Å². The zero-order valence-electron chi connectivity index (χ0n) is 15.9. The number of carbonyl (C=O) groups is 1. The van der Waals surface area contributed by atoms with Crippen molar-refractivity contribution in [3.8, 4) is 0 Å². The van der Waals surface area contributed by atoms with Gasteiger partial charge >= 0.3 is 6.03 Å². The molecule has 5 nitrogen and oxygen atoms in total. The van der Waals surface area contributed by atoms with Crippen LogP contribution < -0.4 is 5.32 Å². The second-order valence-corrected chi connectivity index (χ2v) is 11.0. The Morgan fingerprint density at radius 3 is 2.48 bits per heavy atom. The smallest absolute Gasteiger partial charge is 0.317 e. The largest absolute Gasteiger partial charge is 0.335 e. The lowest BCUT2D eigenvalue weighted by atomic mass is 9.79. The summed E-state index contributed by atoms with van der Waals surface area (Å²) in [6, 6.07) is 10.9. The van der Waals surface area contributed by atoms with Crippen LogP contribution >= 0.6 is 0 Å². The van der Waals surface area contributed by atoms with E-state index in [-0.39, 0.29) is 29.0 Å². The highest BCUT2D eigenvalue weighted by Gasteiger charge is 2.45. The molecule has 2 amide bonds. The lowest BCUT2D eigenvalue weighted by Crippen LogP contribution is -2.52. The minimum absolute atomic E-state index is 0.00142. The van der Waals surface area contributed by atoms with Crippen LogP contribution in [0.1, 0.15) is 56.4 Å². The number of piperidine rings is 1. The number of nitrogens with one attached hydrogen (secondary N) is 1. The fourth-order valence-corrected chi connectivity index (χ4v) is 7.45. The summed E-state index contributed by atoms with van der Waals surface area (Å²) in [5.74, 6) is 1.14. The summed E-state index contributed by atoms with van der Waals surface area (Å²) < 4.78 is 23.9. The molecular weight excluding hydrogens is 360 g/mol. The molecule has 1 atom stereocenters. The van der Waals surface area contributed by atoms with E-state index in [1.54, 1.807) is 0 Å². The zero-order valence-corrected chi connectivity index (χ0v) is 16.7. The summed E-state index contributed by atoms with van der Waals surface area (Å²) in [7, 11) is -2.92. The van der Waals surface area contributed by atoms with Crippen molar-refractivity contribution in [2.24, 2.45) is 5.41 Å². The van der Waals surface area contributed by atoms with Crippen LogP contribution in [0.5, 0.6) is 0 Å². The van der Waals surface area contributed by atoms with Crippen molar-refractivity contribution in [3.05, 3.63) is 35.9 Å². The van der Waals surface area contributed by atoms with Gasteiger partial charge in [-0.15, -0.1) is 0 Å². The summed E-state index contributed by atoms with van der Waals surface area (Å²) in [6.07, 6.45) is 6.79. The van der Waals surface area contributed by atoms with Crippen molar-refractivity contribution < 1.29 is 13.2 Å². The van der Waals surface area contributed by atoms with Crippen LogP contribution in [0.4, 0.5) is 4.79 Å². The normalized spacial score (nSPS) is 33.1. The second-order valence-electron chi connectivity index (χ2n) is 8.78. The number of urea groups is 1. The van der Waals surface area contributed by atoms with E-state index in [2.05, 4.69) is 35.6 Å². The number of carbonyl (C=O) groups excluding carboxylic acids is 1. The van der Waals surface area contributed by atoms with Gasteiger partial charge < -0.3 is 10.2 Å². The average molecular weight is 391 g/mol. The topological polar surface area (TPSA) is 66.5 Å². The minimum atomic E-state index is -2.92. The summed E-state index contributed by atoms with van der Waals surface area (Å²) in [5.41, 5.74) is 1.21. The standard InChI is InChI=1S/C21H30N2O3S/c24-20(23-13-4-11-21(15-23)12-14-27(25,26)16-21)22-19-9-7-18(8-10-19)17-5-2-1-3-6-17/h1-3,5-6,18-19H,4,7-16H2,(H,22,24)/t18?,19?,21-/m0/s1. The summed E-state index contributed by atoms with van der Waals surface area (Å²) >= 11 is 0. The lowest BCUT2D eigenvalue weighted by Gasteiger charge is -2.40. The summed E-state index contributed by atoms with van der Waals surface area (Å²) in [4.78, 5) is 14.7. The van der Waals surface area contributed by atoms with E-state index in [1.807, 2.05) is 4.90 Å². The number of benzene rings is 1. The van der Waals surface area contributed by atoms with Crippen LogP contribution in [0.15, 0.2) is 30.3 Å². The van der Waals surface area contributed by atoms with Gasteiger partial charge in [0.2, 0.25) is 0 Å². The van der Waals surface area contributed by atoms with Crippen molar-refractivity contribution in [3.63, 3.8) is 0 Å². The number of hydrogen-bond acceptors (Lipinski definition) is 3. The van der Waals surface area contributed by atoms with Crippen molar-refractivity contribution in [1.82, 2.24) is 10.2 Å². The van der Waals surface area contributed by atoms with Crippen LogP contribution in [-0.4, -0.2) is 50.0 Å². The van der Waals surface area contributed by atoms with Gasteiger partial charge in [0.25, 0.3) is 0 Å². The molecule has 1 aromatic rings. The SMILES string of the molecule is O=C(NC1CCC(c2ccccc2)CC1)N1CCC[C@]2(CCS(=O)(=O)C2)C1. The molecule has 1 aliphatic carbocycles. The molecule has 4 rings (SSSR count). The minimum Gasteiger partial charge on any atom is -0.335 e. The quantitative estimate of drug-likeness (QED) is 0.842. The molecule has 0 bridgehead atoms. The van der Waals surface area contributed by atoms with E-state index in [4.69, 9.17) is 0 Å². The highest BCUT2D eigenvalue weighted by molar-refractivity contribution is 7.91. The molecular formula is C21H30N2O3S. The molecule has 6 heteroatoms. The number of sulfone groups is 1. The molecule has 27 heavy (non-hydrogen) atoms. The average Bonchev–Trinajstić information content (AvgIpc) is 2.97. The Balaban J connectivity index is 1.30. The van der Waals surface area contributed by atoms with Gasteiger partial charge in [-0.2, -0.15) is 0 Å². The van der Waals surface area contributed by atoms with Crippen molar-refractivity contribution >= 4 is 15.9 Å². The molecule has 2 aliphatic heterocycles. The van der Waals surface area contributed by atoms with Crippen LogP contribution in [0.3, 0.4) is 0 Å². The molecule has 2 saturated heterocycles. The third-order valence-electron chi connectivity index (χ3n) is 6.74. The first-order valence-corrected chi connectivity index (χ1v) is 12.1. The van der Waals surface area contributed by atoms with Crippen LogP contribution in [0, 0.1) is 5.41 Å². The van der Waals surface area contributed by atoms with Crippen molar-refractivity contribution in [2.45, 2.75) is 56.9 Å². The van der Waals surface area contributed by atoms with Crippen molar-refractivity contribution in [1.29, 1.82) is 0 Å². The van der Waals surface area contributed by atoms with Gasteiger partial charge in [-0.05, 0) is 56.4 Å². The number of rotatable bonds is 2. The van der Waals surface area contributed by atoms with Gasteiger partial charge in [0.1, 0.15) is 0 Å². The highest BCUT2D eigenvalue weighted by atomic mass is 32.2. The molecule has 3 aliphatic rings. The first-order chi connectivity index (χ1) is 12.9. The molecule has 3 fully saturated rings. The molecule has 1 spiro atoms. The summed E-state index contributed by atoms with van der Waals surface area (Å²) in [5, 5.41) is 3.23. The number of nitrogens with zero attached hydrogens (tertiary/aromatic N) is 1. The molecule has 1 saturated carbocycles. The highest BCUT2D eigenvalue weighted by Crippen LogP contribution is 2.40. The van der Waals surface area contributed by atoms with Gasteiger partial charge in [-0.3, -0.25) is 0 Å². The Morgan fingerprint density at radius 1 is 1.07 bits per heavy atom. The van der Waals surface area contributed by atoms with Gasteiger partial charge in [0.15, 0.2) is 9.84 Å². The first kappa shape index (κ1) is 18.8. The fraction of sp³-hybridized carbons (Fsp3) is 0.667. The lowest BCUT2D eigenvalue weighted by molar-refractivity contribution is 0.118. The zero-order chi connectivity index (χ0) is 18.9. The molecule has 2 heterocycles. The van der Waals surface area contributed by atoms with E-state index in [0.717, 1.165) is 45.1 Å². The third kappa shape index (κ3) is 4.31. The molecule has 1 N–H and O–H groups in total. The second kappa shape index (κ2) is 7.46. The molecule has 148 valence electrons. The summed E-state index contributed by atoms with van der Waals surface area (Å²) in [6.45, 7) is 1.34. The van der Waals surface area contributed by atoms with Gasteiger partial charge in [0, 0.05) is 24.5 Å². The van der Waals surface area contributed by atoms with Gasteiger partial charge in [-0.25, -0.2) is 13.2 Å². The molecule has 0 aromatic heterocycles. The Hall–Kier alpha value is -1.56. The maximum absolute atomic E-state index is 12.8. The predicted molar refractivity (Wildman–Crippen MR) is 106 cm³/mol. The predicted octanol–water partition coefficient (Wildman–Crippen LogP) is 3.32. The van der Waals surface area contributed by atoms with Crippen molar-refractivity contribution in [2.75, 3.05) is 24.6 Å². The van der Waals surface area contributed by atoms with Gasteiger partial charge in [0.05, 0.1) is 11.5 Å². The fourth-order valence-electron chi connectivity index (χ4n) is 5.25. The van der Waals surface area contributed by atoms with Crippen LogP contribution in [0.2, 0.25) is 0 Å². The Bertz CT molecular complexity index is 772. The van der Waals surface area contributed by atoms with E-state index in [1.165, 1.54) is 5.56 Å². The Kier molecular flexibility index (Phi) is 5.19. The Labute approximate surface area is 162 Å². The molecule has 1 aromatic carbocycles. The number of hydrogen-bond donors (Lipinski definition) is 1. The monoisotopic (exact) mass is 390 g/mol. The van der Waals surface area contributed by atoms with E-state index < -0.39 is 9.84 Å². The van der Waals surface area contributed by atoms with Crippen LogP contribution in [-0.2, 0) is 9.84 Å². The first-order valence-electron chi connectivity index (χ1n) is 10.3. The van der Waals surface area contributed by atoms with Crippen LogP contribution in [0.25, 0.3) is 0 Å². The Morgan fingerprint density at radius 2 is 1.81 bits per heavy atom. The van der Waals surface area contributed by atoms with E-state index in [0.29, 0.717) is 18.9 Å². The maximum atomic E-state index is 12.8. The van der Waals surface area contributed by atoms with E-state index >= 15 is 0 Å². The van der Waals surface area contributed by atoms with Gasteiger partial charge in [-0.1, -0.05) is 30.3 Å².